The number of hydrogen-bond acceptors (Lipinski definition) is 5. The SMILES string of the molecule is CC(O)N1CC(O)CC1C(=O)N1CCSC1. The lowest BCUT2D eigenvalue weighted by atomic mass is 10.1. The number of aliphatic hydroxyl groups excluding tert-OH is 2. The van der Waals surface area contributed by atoms with Gasteiger partial charge in [-0.1, -0.05) is 0 Å². The number of β-amino-alcohol motifs (C(OH)–C–C–N with tert-alkyl or cyclic N) is 1. The maximum Gasteiger partial charge on any atom is 0.240 e. The summed E-state index contributed by atoms with van der Waals surface area (Å²) >= 11 is 1.74. The maximum absolute atomic E-state index is 12.2. The Labute approximate surface area is 99.4 Å². The first-order valence-corrected chi connectivity index (χ1v) is 6.73. The van der Waals surface area contributed by atoms with Crippen LogP contribution in [-0.4, -0.2) is 69.0 Å². The van der Waals surface area contributed by atoms with Gasteiger partial charge < -0.3 is 15.1 Å². The topological polar surface area (TPSA) is 64.0 Å². The fourth-order valence-electron chi connectivity index (χ4n) is 2.29. The second kappa shape index (κ2) is 4.91. The summed E-state index contributed by atoms with van der Waals surface area (Å²) in [6.45, 7) is 2.80. The zero-order valence-corrected chi connectivity index (χ0v) is 10.2. The molecule has 2 aliphatic rings. The van der Waals surface area contributed by atoms with Crippen molar-refractivity contribution in [1.82, 2.24) is 9.80 Å². The van der Waals surface area contributed by atoms with Gasteiger partial charge in [0, 0.05) is 18.8 Å². The number of likely N-dealkylation sites (tertiary alicyclic amines) is 1. The quantitative estimate of drug-likeness (QED) is 0.674. The van der Waals surface area contributed by atoms with E-state index in [-0.39, 0.29) is 11.9 Å². The molecule has 16 heavy (non-hydrogen) atoms. The van der Waals surface area contributed by atoms with E-state index in [2.05, 4.69) is 0 Å². The summed E-state index contributed by atoms with van der Waals surface area (Å²) in [6.07, 6.45) is -0.745. The molecule has 2 rings (SSSR count). The highest BCUT2D eigenvalue weighted by molar-refractivity contribution is 7.99. The highest BCUT2D eigenvalue weighted by atomic mass is 32.2. The van der Waals surface area contributed by atoms with E-state index < -0.39 is 12.3 Å². The van der Waals surface area contributed by atoms with Gasteiger partial charge in [-0.3, -0.25) is 9.69 Å². The van der Waals surface area contributed by atoms with Crippen LogP contribution in [0.25, 0.3) is 0 Å². The van der Waals surface area contributed by atoms with Crippen LogP contribution in [0.15, 0.2) is 0 Å². The molecule has 0 aromatic carbocycles. The number of amides is 1. The molecule has 92 valence electrons. The monoisotopic (exact) mass is 246 g/mol. The van der Waals surface area contributed by atoms with Crippen LogP contribution in [0.5, 0.6) is 0 Å². The molecule has 3 unspecified atom stereocenters. The number of hydrogen-bond donors (Lipinski definition) is 2. The van der Waals surface area contributed by atoms with E-state index in [1.165, 1.54) is 0 Å². The summed E-state index contributed by atoms with van der Waals surface area (Å²) in [4.78, 5) is 15.6. The van der Waals surface area contributed by atoms with E-state index >= 15 is 0 Å². The van der Waals surface area contributed by atoms with Crippen LogP contribution in [0.3, 0.4) is 0 Å². The average Bonchev–Trinajstić information content (AvgIpc) is 2.84. The molecule has 2 N–H and O–H groups in total. The first kappa shape index (κ1) is 12.2. The van der Waals surface area contributed by atoms with Crippen molar-refractivity contribution in [2.45, 2.75) is 31.7 Å². The third kappa shape index (κ3) is 2.34. The normalized spacial score (nSPS) is 33.3. The molecular weight excluding hydrogens is 228 g/mol. The highest BCUT2D eigenvalue weighted by Crippen LogP contribution is 2.24. The zero-order chi connectivity index (χ0) is 11.7. The van der Waals surface area contributed by atoms with Crippen molar-refractivity contribution in [1.29, 1.82) is 0 Å². The fraction of sp³-hybridized carbons (Fsp3) is 0.900. The molecule has 0 aliphatic carbocycles. The van der Waals surface area contributed by atoms with Crippen molar-refractivity contribution in [2.24, 2.45) is 0 Å². The first-order valence-electron chi connectivity index (χ1n) is 5.58. The summed E-state index contributed by atoms with van der Waals surface area (Å²) in [5, 5.41) is 19.2. The Kier molecular flexibility index (Phi) is 3.73. The largest absolute Gasteiger partial charge is 0.392 e. The lowest BCUT2D eigenvalue weighted by Gasteiger charge is -2.28. The van der Waals surface area contributed by atoms with Crippen molar-refractivity contribution in [2.75, 3.05) is 24.7 Å². The predicted molar refractivity (Wildman–Crippen MR) is 61.8 cm³/mol. The summed E-state index contributed by atoms with van der Waals surface area (Å²) < 4.78 is 0. The van der Waals surface area contributed by atoms with E-state index in [0.717, 1.165) is 18.2 Å². The van der Waals surface area contributed by atoms with Gasteiger partial charge in [0.1, 0.15) is 6.23 Å². The van der Waals surface area contributed by atoms with Crippen LogP contribution in [0, 0.1) is 0 Å². The minimum absolute atomic E-state index is 0.0439. The molecule has 0 spiro atoms. The molecule has 2 fully saturated rings. The number of nitrogens with zero attached hydrogens (tertiary/aromatic N) is 2. The molecule has 5 nitrogen and oxygen atoms in total. The molecule has 0 aromatic rings. The molecule has 2 heterocycles. The van der Waals surface area contributed by atoms with Gasteiger partial charge >= 0.3 is 0 Å². The van der Waals surface area contributed by atoms with Gasteiger partial charge in [-0.25, -0.2) is 0 Å². The molecule has 0 saturated carbocycles. The summed E-state index contributed by atoms with van der Waals surface area (Å²) in [5.41, 5.74) is 0. The van der Waals surface area contributed by atoms with Crippen LogP contribution in [-0.2, 0) is 4.79 Å². The van der Waals surface area contributed by atoms with Gasteiger partial charge in [0.05, 0.1) is 18.0 Å². The molecule has 2 aliphatic heterocycles. The Bertz CT molecular complexity index is 269. The average molecular weight is 246 g/mol. The minimum atomic E-state index is -0.679. The molecule has 0 aromatic heterocycles. The van der Waals surface area contributed by atoms with Crippen molar-refractivity contribution >= 4 is 17.7 Å². The summed E-state index contributed by atoms with van der Waals surface area (Å²) in [7, 11) is 0. The smallest absolute Gasteiger partial charge is 0.240 e. The number of rotatable bonds is 2. The van der Waals surface area contributed by atoms with E-state index in [1.54, 1.807) is 23.6 Å². The molecule has 0 bridgehead atoms. The summed E-state index contributed by atoms with van der Waals surface area (Å²) in [5.74, 6) is 1.76. The van der Waals surface area contributed by atoms with Crippen LogP contribution in [0.2, 0.25) is 0 Å². The van der Waals surface area contributed by atoms with Crippen molar-refractivity contribution < 1.29 is 15.0 Å². The van der Waals surface area contributed by atoms with Crippen molar-refractivity contribution in [3.05, 3.63) is 0 Å². The van der Waals surface area contributed by atoms with Crippen molar-refractivity contribution in [3.63, 3.8) is 0 Å². The number of carbonyl (C=O) groups excluding carboxylic acids is 1. The number of carbonyl (C=O) groups is 1. The predicted octanol–water partition coefficient (Wildman–Crippen LogP) is -0.707. The van der Waals surface area contributed by atoms with E-state index in [1.807, 2.05) is 4.90 Å². The van der Waals surface area contributed by atoms with Crippen LogP contribution in [0.1, 0.15) is 13.3 Å². The van der Waals surface area contributed by atoms with E-state index in [4.69, 9.17) is 0 Å². The molecule has 6 heteroatoms. The molecule has 0 radical (unpaired) electrons. The third-order valence-corrected chi connectivity index (χ3v) is 4.11. The fourth-order valence-corrected chi connectivity index (χ4v) is 3.25. The maximum atomic E-state index is 12.2. The Morgan fingerprint density at radius 3 is 2.88 bits per heavy atom. The second-order valence-corrected chi connectivity index (χ2v) is 5.45. The van der Waals surface area contributed by atoms with Gasteiger partial charge in [-0.15, -0.1) is 11.8 Å². The lowest BCUT2D eigenvalue weighted by molar-refractivity contribution is -0.137. The van der Waals surface area contributed by atoms with Crippen LogP contribution in [0.4, 0.5) is 0 Å². The van der Waals surface area contributed by atoms with Gasteiger partial charge in [0.15, 0.2) is 0 Å². The standard InChI is InChI=1S/C10H18N2O3S/c1-7(13)12-5-8(14)4-9(12)10(15)11-2-3-16-6-11/h7-9,13-14H,2-6H2,1H3. The zero-order valence-electron chi connectivity index (χ0n) is 9.37. The lowest BCUT2D eigenvalue weighted by Crippen LogP contribution is -2.47. The van der Waals surface area contributed by atoms with Crippen molar-refractivity contribution in [3.8, 4) is 0 Å². The minimum Gasteiger partial charge on any atom is -0.392 e. The highest BCUT2D eigenvalue weighted by Gasteiger charge is 2.40. The Morgan fingerprint density at radius 1 is 1.56 bits per heavy atom. The number of thioether (sulfide) groups is 1. The third-order valence-electron chi connectivity index (χ3n) is 3.15. The molecule has 1 amide bonds. The summed E-state index contributed by atoms with van der Waals surface area (Å²) in [6, 6.07) is -0.353. The van der Waals surface area contributed by atoms with Crippen LogP contribution < -0.4 is 0 Å². The molecular formula is C10H18N2O3S. The Morgan fingerprint density at radius 2 is 2.31 bits per heavy atom. The Hall–Kier alpha value is -0.300. The second-order valence-electron chi connectivity index (χ2n) is 4.37. The van der Waals surface area contributed by atoms with Crippen LogP contribution >= 0.6 is 11.8 Å². The molecule has 2 saturated heterocycles. The first-order chi connectivity index (χ1) is 7.59. The van der Waals surface area contributed by atoms with E-state index in [9.17, 15) is 15.0 Å². The van der Waals surface area contributed by atoms with Gasteiger partial charge in [-0.2, -0.15) is 0 Å². The van der Waals surface area contributed by atoms with Gasteiger partial charge in [0.2, 0.25) is 5.91 Å². The van der Waals surface area contributed by atoms with E-state index in [0.29, 0.717) is 13.0 Å². The molecule has 3 atom stereocenters. The van der Waals surface area contributed by atoms with Gasteiger partial charge in [0.25, 0.3) is 0 Å². The van der Waals surface area contributed by atoms with Gasteiger partial charge in [-0.05, 0) is 13.3 Å². The number of aliphatic hydroxyl groups is 2. The Balaban J connectivity index is 2.03.